The number of fused-ring (bicyclic) bond motifs is 1. The fourth-order valence-corrected chi connectivity index (χ4v) is 8.29. The summed E-state index contributed by atoms with van der Waals surface area (Å²) in [5.41, 5.74) is 2.74. The van der Waals surface area contributed by atoms with Gasteiger partial charge in [-0.05, 0) is 66.2 Å². The summed E-state index contributed by atoms with van der Waals surface area (Å²) in [5.74, 6) is -3.97. The zero-order chi connectivity index (χ0) is 47.5. The summed E-state index contributed by atoms with van der Waals surface area (Å²) in [4.78, 5) is 105. The number of thiophene rings is 1. The lowest BCUT2D eigenvalue weighted by molar-refractivity contribution is -0.136. The second-order valence-corrected chi connectivity index (χ2v) is 16.5. The number of ether oxygens (including phenoxy) is 3. The Labute approximate surface area is 396 Å². The minimum absolute atomic E-state index is 0.0311. The molecule has 67 heavy (non-hydrogen) atoms. The number of amides is 8. The first-order chi connectivity index (χ1) is 32.5. The number of imide groups is 2. The third kappa shape index (κ3) is 14.0. The Morgan fingerprint density at radius 2 is 1.48 bits per heavy atom. The van der Waals surface area contributed by atoms with Crippen molar-refractivity contribution in [2.45, 2.75) is 44.2 Å². The molecule has 3 aromatic carbocycles. The van der Waals surface area contributed by atoms with Crippen molar-refractivity contribution in [3.05, 3.63) is 112 Å². The normalized spacial score (nSPS) is 14.8. The number of nitrogens with one attached hydrogen (secondary N) is 5. The molecule has 1 saturated heterocycles. The van der Waals surface area contributed by atoms with Crippen LogP contribution in [0.25, 0.3) is 0 Å². The van der Waals surface area contributed by atoms with Gasteiger partial charge in [-0.2, -0.15) is 0 Å². The van der Waals surface area contributed by atoms with Crippen LogP contribution in [0.4, 0.5) is 17.1 Å². The average Bonchev–Trinajstić information content (AvgIpc) is 3.95. The van der Waals surface area contributed by atoms with Crippen LogP contribution in [0.1, 0.15) is 62.9 Å². The van der Waals surface area contributed by atoms with E-state index >= 15 is 0 Å². The SMILES string of the molecule is O=C(CCOCCNc1cccc2c1C(=O)N(C1CCC(=O)NC1=O)C2=O)NCCOCCOCCC(=O)Nc1ccc(N(C(=O)CCl)C(C(=O)NCCc2ccccc2)c2cccs2)cc1. The van der Waals surface area contributed by atoms with Crippen LogP contribution in [0.2, 0.25) is 0 Å². The molecule has 354 valence electrons. The Bertz CT molecular complexity index is 2370. The second kappa shape index (κ2) is 25.4. The fraction of sp³-hybridized carbons (Fsp3) is 0.362. The number of hydrogen-bond acceptors (Lipinski definition) is 13. The van der Waals surface area contributed by atoms with Crippen molar-refractivity contribution in [2.24, 2.45) is 0 Å². The van der Waals surface area contributed by atoms with E-state index in [0.717, 1.165) is 10.5 Å². The van der Waals surface area contributed by atoms with E-state index in [2.05, 4.69) is 26.6 Å². The summed E-state index contributed by atoms with van der Waals surface area (Å²) in [6, 6.07) is 22.8. The van der Waals surface area contributed by atoms with E-state index in [1.807, 2.05) is 41.8 Å². The van der Waals surface area contributed by atoms with Gasteiger partial charge in [-0.25, -0.2) is 0 Å². The van der Waals surface area contributed by atoms with Gasteiger partial charge in [0.05, 0.1) is 57.2 Å². The summed E-state index contributed by atoms with van der Waals surface area (Å²) in [6.45, 7) is 2.19. The van der Waals surface area contributed by atoms with E-state index < -0.39 is 41.6 Å². The highest BCUT2D eigenvalue weighted by Crippen LogP contribution is 2.33. The largest absolute Gasteiger partial charge is 0.382 e. The van der Waals surface area contributed by atoms with Crippen molar-refractivity contribution >= 4 is 87.3 Å². The standard InChI is InChI=1S/C47H52ClN7O11S/c48-30-41(59)54(43(37-10-5-29-67-37)45(61)51-20-17-31-6-2-1-3-7-31)33-13-11-32(12-14-33)52-40(58)19-24-65-27-28-66-26-22-50-38(56)18-23-64-25-21-49-35-9-4-8-34-42(35)47(63)55(46(34)62)36-15-16-39(57)53-44(36)60/h1-14,29,36,43,49H,15-28,30H2,(H,50,56)(H,51,61)(H,52,58)(H,53,57,60). The highest BCUT2D eigenvalue weighted by Gasteiger charge is 2.45. The molecule has 18 nitrogen and oxygen atoms in total. The third-order valence-electron chi connectivity index (χ3n) is 10.6. The zero-order valence-corrected chi connectivity index (χ0v) is 38.2. The Morgan fingerprint density at radius 3 is 2.19 bits per heavy atom. The quantitative estimate of drug-likeness (QED) is 0.0344. The molecule has 0 aliphatic carbocycles. The number of carbonyl (C=O) groups excluding carboxylic acids is 8. The summed E-state index contributed by atoms with van der Waals surface area (Å²) in [6.07, 6.45) is 0.915. The summed E-state index contributed by atoms with van der Waals surface area (Å²) in [7, 11) is 0. The molecule has 3 heterocycles. The van der Waals surface area contributed by atoms with Gasteiger partial charge in [-0.3, -0.25) is 53.5 Å². The van der Waals surface area contributed by atoms with E-state index in [9.17, 15) is 38.4 Å². The number of hydrogen-bond donors (Lipinski definition) is 5. The van der Waals surface area contributed by atoms with Crippen LogP contribution in [0.15, 0.2) is 90.3 Å². The topological polar surface area (TPSA) is 231 Å². The second-order valence-electron chi connectivity index (χ2n) is 15.2. The van der Waals surface area contributed by atoms with Crippen molar-refractivity contribution in [2.75, 3.05) is 80.7 Å². The average molecular weight is 958 g/mol. The minimum Gasteiger partial charge on any atom is -0.382 e. The first-order valence-electron chi connectivity index (χ1n) is 21.8. The van der Waals surface area contributed by atoms with Crippen molar-refractivity contribution < 1.29 is 52.6 Å². The molecular weight excluding hydrogens is 906 g/mol. The third-order valence-corrected chi connectivity index (χ3v) is 11.8. The minimum atomic E-state index is -1.06. The van der Waals surface area contributed by atoms with E-state index in [-0.39, 0.29) is 113 Å². The molecule has 1 fully saturated rings. The Kier molecular flexibility index (Phi) is 18.9. The van der Waals surface area contributed by atoms with E-state index in [1.165, 1.54) is 22.3 Å². The molecule has 1 aromatic heterocycles. The van der Waals surface area contributed by atoms with Gasteiger partial charge < -0.3 is 35.5 Å². The first kappa shape index (κ1) is 49.9. The fourth-order valence-electron chi connectivity index (χ4n) is 7.35. The Hall–Kier alpha value is -6.51. The summed E-state index contributed by atoms with van der Waals surface area (Å²) < 4.78 is 16.6. The lowest BCUT2D eigenvalue weighted by Crippen LogP contribution is -2.54. The molecule has 20 heteroatoms. The van der Waals surface area contributed by atoms with Crippen LogP contribution in [0.3, 0.4) is 0 Å². The molecule has 2 aliphatic rings. The van der Waals surface area contributed by atoms with Gasteiger partial charge in [0.25, 0.3) is 11.8 Å². The van der Waals surface area contributed by atoms with Crippen LogP contribution in [-0.4, -0.2) is 123 Å². The molecule has 2 atom stereocenters. The molecule has 0 radical (unpaired) electrons. The number of rotatable bonds is 26. The molecule has 0 spiro atoms. The van der Waals surface area contributed by atoms with E-state index in [0.29, 0.717) is 34.9 Å². The van der Waals surface area contributed by atoms with Crippen LogP contribution in [-0.2, 0) is 49.4 Å². The maximum absolute atomic E-state index is 13.6. The molecule has 8 amide bonds. The van der Waals surface area contributed by atoms with E-state index in [4.69, 9.17) is 25.8 Å². The first-order valence-corrected chi connectivity index (χ1v) is 23.2. The van der Waals surface area contributed by atoms with Gasteiger partial charge >= 0.3 is 0 Å². The van der Waals surface area contributed by atoms with Crippen molar-refractivity contribution in [3.63, 3.8) is 0 Å². The maximum atomic E-state index is 13.6. The molecule has 2 unspecified atom stereocenters. The van der Waals surface area contributed by atoms with Crippen LogP contribution < -0.4 is 31.5 Å². The van der Waals surface area contributed by atoms with Crippen LogP contribution >= 0.6 is 22.9 Å². The van der Waals surface area contributed by atoms with Gasteiger partial charge in [0.1, 0.15) is 18.0 Å². The molecule has 6 rings (SSSR count). The van der Waals surface area contributed by atoms with Gasteiger partial charge in [0.2, 0.25) is 35.4 Å². The highest BCUT2D eigenvalue weighted by atomic mass is 35.5. The smallest absolute Gasteiger partial charge is 0.264 e. The lowest BCUT2D eigenvalue weighted by atomic mass is 10.0. The molecule has 0 saturated carbocycles. The highest BCUT2D eigenvalue weighted by molar-refractivity contribution is 7.10. The predicted molar refractivity (Wildman–Crippen MR) is 250 cm³/mol. The molecule has 4 aromatic rings. The van der Waals surface area contributed by atoms with Gasteiger partial charge in [0, 0.05) is 54.4 Å². The number of piperidine rings is 1. The molecule has 0 bridgehead atoms. The summed E-state index contributed by atoms with van der Waals surface area (Å²) in [5, 5.41) is 15.6. The Balaban J connectivity index is 0.810. The van der Waals surface area contributed by atoms with E-state index in [1.54, 1.807) is 42.5 Å². The maximum Gasteiger partial charge on any atom is 0.264 e. The molecule has 2 aliphatic heterocycles. The van der Waals surface area contributed by atoms with Gasteiger partial charge in [-0.15, -0.1) is 22.9 Å². The Morgan fingerprint density at radius 1 is 0.761 bits per heavy atom. The van der Waals surface area contributed by atoms with Crippen molar-refractivity contribution in [3.8, 4) is 0 Å². The monoisotopic (exact) mass is 957 g/mol. The number of anilines is 3. The number of benzene rings is 3. The van der Waals surface area contributed by atoms with Crippen LogP contribution in [0.5, 0.6) is 0 Å². The van der Waals surface area contributed by atoms with Crippen molar-refractivity contribution in [1.82, 2.24) is 20.9 Å². The molecular formula is C47H52ClN7O11S. The van der Waals surface area contributed by atoms with Crippen LogP contribution in [0, 0.1) is 0 Å². The number of nitrogens with zero attached hydrogens (tertiary/aromatic N) is 2. The number of alkyl halides is 1. The van der Waals surface area contributed by atoms with Crippen molar-refractivity contribution in [1.29, 1.82) is 0 Å². The van der Waals surface area contributed by atoms with Gasteiger partial charge in [0.15, 0.2) is 0 Å². The zero-order valence-electron chi connectivity index (χ0n) is 36.6. The predicted octanol–water partition coefficient (Wildman–Crippen LogP) is 3.82. The lowest BCUT2D eigenvalue weighted by Gasteiger charge is -2.30. The number of halogens is 1. The number of carbonyl (C=O) groups is 8. The molecule has 5 N–H and O–H groups in total. The van der Waals surface area contributed by atoms with Gasteiger partial charge in [-0.1, -0.05) is 42.5 Å². The summed E-state index contributed by atoms with van der Waals surface area (Å²) >= 11 is 7.40.